The molecule has 6 heteroatoms. The number of hydrogen-bond acceptors (Lipinski definition) is 3. The highest BCUT2D eigenvalue weighted by atomic mass is 35.5. The van der Waals surface area contributed by atoms with E-state index >= 15 is 0 Å². The van der Waals surface area contributed by atoms with E-state index in [1.165, 1.54) is 0 Å². The lowest BCUT2D eigenvalue weighted by molar-refractivity contribution is 0.0941. The summed E-state index contributed by atoms with van der Waals surface area (Å²) in [5, 5.41) is 8.13. The molecular weight excluding hydrogens is 350 g/mol. The van der Waals surface area contributed by atoms with Crippen molar-refractivity contribution in [3.05, 3.63) is 71.4 Å². The molecule has 0 aliphatic heterocycles. The summed E-state index contributed by atoms with van der Waals surface area (Å²) in [4.78, 5) is 12.7. The van der Waals surface area contributed by atoms with Gasteiger partial charge < -0.3 is 10.1 Å². The summed E-state index contributed by atoms with van der Waals surface area (Å²) < 4.78 is 6.64. The van der Waals surface area contributed by atoms with E-state index < -0.39 is 0 Å². The van der Waals surface area contributed by atoms with Crippen molar-refractivity contribution in [3.63, 3.8) is 0 Å². The van der Waals surface area contributed by atoms with Gasteiger partial charge in [-0.2, -0.15) is 5.10 Å². The maximum atomic E-state index is 12.7. The highest BCUT2D eigenvalue weighted by Crippen LogP contribution is 2.23. The van der Waals surface area contributed by atoms with Crippen molar-refractivity contribution < 1.29 is 9.53 Å². The Morgan fingerprint density at radius 3 is 2.69 bits per heavy atom. The van der Waals surface area contributed by atoms with Crippen molar-refractivity contribution in [1.29, 1.82) is 0 Å². The Balaban J connectivity index is 1.95. The third kappa shape index (κ3) is 4.31. The molecule has 1 aromatic heterocycles. The smallest absolute Gasteiger partial charge is 0.270 e. The first kappa shape index (κ1) is 18.2. The summed E-state index contributed by atoms with van der Waals surface area (Å²) in [6, 6.07) is 18.8. The Kier molecular flexibility index (Phi) is 6.04. The molecule has 5 nitrogen and oxygen atoms in total. The average molecular weight is 370 g/mol. The third-order valence-electron chi connectivity index (χ3n) is 3.88. The molecular formula is C20H20ClN3O2. The second-order valence-electron chi connectivity index (χ2n) is 5.77. The Hall–Kier alpha value is -2.63. The number of halogens is 1. The third-order valence-corrected chi connectivity index (χ3v) is 4.11. The zero-order valence-corrected chi connectivity index (χ0v) is 15.2. The van der Waals surface area contributed by atoms with E-state index in [-0.39, 0.29) is 5.91 Å². The first-order valence-corrected chi connectivity index (χ1v) is 8.75. The summed E-state index contributed by atoms with van der Waals surface area (Å²) in [6.07, 6.45) is 0.749. The number of nitrogens with one attached hydrogen (secondary N) is 1. The quantitative estimate of drug-likeness (QED) is 0.641. The minimum atomic E-state index is -0.184. The normalized spacial score (nSPS) is 10.7. The minimum Gasteiger partial charge on any atom is -0.385 e. The van der Waals surface area contributed by atoms with E-state index in [2.05, 4.69) is 10.4 Å². The lowest BCUT2D eigenvalue weighted by atomic mass is 10.1. The van der Waals surface area contributed by atoms with Crippen molar-refractivity contribution in [2.45, 2.75) is 6.42 Å². The molecule has 3 rings (SSSR count). The molecule has 0 atom stereocenters. The second-order valence-corrected chi connectivity index (χ2v) is 6.21. The van der Waals surface area contributed by atoms with E-state index in [9.17, 15) is 4.79 Å². The molecule has 3 aromatic rings. The fourth-order valence-corrected chi connectivity index (χ4v) is 2.79. The van der Waals surface area contributed by atoms with Crippen LogP contribution in [0.25, 0.3) is 16.9 Å². The molecule has 0 bridgehead atoms. The molecule has 0 aliphatic carbocycles. The van der Waals surface area contributed by atoms with Crippen LogP contribution >= 0.6 is 11.6 Å². The van der Waals surface area contributed by atoms with Crippen LogP contribution in [0.4, 0.5) is 0 Å². The van der Waals surface area contributed by atoms with Crippen LogP contribution < -0.4 is 5.32 Å². The van der Waals surface area contributed by atoms with Gasteiger partial charge in [0.1, 0.15) is 5.69 Å². The molecule has 1 amide bonds. The van der Waals surface area contributed by atoms with Gasteiger partial charge in [0.05, 0.1) is 11.4 Å². The molecule has 1 heterocycles. The average Bonchev–Trinajstić information content (AvgIpc) is 3.11. The molecule has 0 saturated heterocycles. The van der Waals surface area contributed by atoms with Crippen molar-refractivity contribution in [2.24, 2.45) is 0 Å². The van der Waals surface area contributed by atoms with Crippen molar-refractivity contribution in [1.82, 2.24) is 15.1 Å². The van der Waals surface area contributed by atoms with Gasteiger partial charge in [-0.15, -0.1) is 0 Å². The fraction of sp³-hybridized carbons (Fsp3) is 0.200. The Labute approximate surface area is 157 Å². The van der Waals surface area contributed by atoms with Crippen LogP contribution in [-0.4, -0.2) is 35.9 Å². The molecule has 1 N–H and O–H groups in total. The van der Waals surface area contributed by atoms with E-state index in [1.807, 2.05) is 42.5 Å². The van der Waals surface area contributed by atoms with Gasteiger partial charge in [0.2, 0.25) is 0 Å². The molecule has 0 spiro atoms. The lowest BCUT2D eigenvalue weighted by Crippen LogP contribution is -2.27. The molecule has 0 saturated carbocycles. The van der Waals surface area contributed by atoms with Crippen LogP contribution in [0.2, 0.25) is 5.02 Å². The van der Waals surface area contributed by atoms with Crippen molar-refractivity contribution in [2.75, 3.05) is 20.3 Å². The largest absolute Gasteiger partial charge is 0.385 e. The van der Waals surface area contributed by atoms with Crippen LogP contribution in [0.5, 0.6) is 0 Å². The molecule has 0 fully saturated rings. The van der Waals surface area contributed by atoms with Crippen LogP contribution in [0.3, 0.4) is 0 Å². The van der Waals surface area contributed by atoms with Crippen LogP contribution in [0.1, 0.15) is 16.9 Å². The number of nitrogens with zero attached hydrogens (tertiary/aromatic N) is 2. The number of rotatable bonds is 7. The van der Waals surface area contributed by atoms with Crippen LogP contribution in [0, 0.1) is 0 Å². The van der Waals surface area contributed by atoms with E-state index in [0.29, 0.717) is 23.9 Å². The number of aromatic nitrogens is 2. The van der Waals surface area contributed by atoms with Gasteiger partial charge in [0.25, 0.3) is 5.91 Å². The molecule has 26 heavy (non-hydrogen) atoms. The highest BCUT2D eigenvalue weighted by Gasteiger charge is 2.17. The molecule has 0 unspecified atom stereocenters. The number of ether oxygens (including phenoxy) is 1. The summed E-state index contributed by atoms with van der Waals surface area (Å²) >= 11 is 6.11. The van der Waals surface area contributed by atoms with Gasteiger partial charge in [-0.25, -0.2) is 4.68 Å². The van der Waals surface area contributed by atoms with E-state index in [0.717, 1.165) is 23.4 Å². The molecule has 134 valence electrons. The van der Waals surface area contributed by atoms with Gasteiger partial charge in [-0.3, -0.25) is 4.79 Å². The first-order chi connectivity index (χ1) is 12.7. The predicted molar refractivity (Wildman–Crippen MR) is 103 cm³/mol. The molecule has 0 aliphatic rings. The molecule has 2 aromatic carbocycles. The Morgan fingerprint density at radius 2 is 1.96 bits per heavy atom. The standard InChI is InChI=1S/C20H20ClN3O2/c1-26-12-6-11-22-20(25)19-14-18(15-7-3-2-4-8-15)23-24(19)17-10-5-9-16(21)13-17/h2-5,7-10,13-14H,6,11-12H2,1H3,(H,22,25). The number of carbonyl (C=O) groups excluding carboxylic acids is 1. The Bertz CT molecular complexity index is 878. The fourth-order valence-electron chi connectivity index (χ4n) is 2.61. The minimum absolute atomic E-state index is 0.184. The zero-order chi connectivity index (χ0) is 18.4. The predicted octanol–water partition coefficient (Wildman–Crippen LogP) is 3.96. The van der Waals surface area contributed by atoms with Gasteiger partial charge in [-0.1, -0.05) is 48.0 Å². The number of hydrogen-bond donors (Lipinski definition) is 1. The number of benzene rings is 2. The topological polar surface area (TPSA) is 56.1 Å². The van der Waals surface area contributed by atoms with E-state index in [1.54, 1.807) is 30.0 Å². The van der Waals surface area contributed by atoms with Gasteiger partial charge in [-0.05, 0) is 30.7 Å². The van der Waals surface area contributed by atoms with Crippen LogP contribution in [-0.2, 0) is 4.74 Å². The van der Waals surface area contributed by atoms with E-state index in [4.69, 9.17) is 16.3 Å². The summed E-state index contributed by atoms with van der Waals surface area (Å²) in [5.41, 5.74) is 2.87. The first-order valence-electron chi connectivity index (χ1n) is 8.37. The Morgan fingerprint density at radius 1 is 1.15 bits per heavy atom. The van der Waals surface area contributed by atoms with Gasteiger partial charge in [0, 0.05) is 30.8 Å². The summed E-state index contributed by atoms with van der Waals surface area (Å²) in [6.45, 7) is 1.14. The highest BCUT2D eigenvalue weighted by molar-refractivity contribution is 6.30. The van der Waals surface area contributed by atoms with Crippen molar-refractivity contribution in [3.8, 4) is 16.9 Å². The lowest BCUT2D eigenvalue weighted by Gasteiger charge is -2.08. The second kappa shape index (κ2) is 8.65. The van der Waals surface area contributed by atoms with Crippen LogP contribution in [0.15, 0.2) is 60.7 Å². The zero-order valence-electron chi connectivity index (χ0n) is 14.5. The number of carbonyl (C=O) groups is 1. The number of methoxy groups -OCH3 is 1. The SMILES string of the molecule is COCCCNC(=O)c1cc(-c2ccccc2)nn1-c1cccc(Cl)c1. The maximum Gasteiger partial charge on any atom is 0.270 e. The molecule has 0 radical (unpaired) electrons. The summed E-state index contributed by atoms with van der Waals surface area (Å²) in [5.74, 6) is -0.184. The maximum absolute atomic E-state index is 12.7. The number of amides is 1. The summed E-state index contributed by atoms with van der Waals surface area (Å²) in [7, 11) is 1.64. The van der Waals surface area contributed by atoms with Crippen molar-refractivity contribution >= 4 is 17.5 Å². The van der Waals surface area contributed by atoms with Gasteiger partial charge in [0.15, 0.2) is 0 Å². The monoisotopic (exact) mass is 369 g/mol. The van der Waals surface area contributed by atoms with Gasteiger partial charge >= 0.3 is 0 Å².